The third-order valence-corrected chi connectivity index (χ3v) is 8.23. The quantitative estimate of drug-likeness (QED) is 0.329. The number of nitrogens with one attached hydrogen (secondary N) is 1. The fourth-order valence-corrected chi connectivity index (χ4v) is 5.64. The summed E-state index contributed by atoms with van der Waals surface area (Å²) in [7, 11) is -3.59. The van der Waals surface area contributed by atoms with E-state index in [2.05, 4.69) is 15.4 Å². The Labute approximate surface area is 219 Å². The molecule has 2 aromatic carbocycles. The van der Waals surface area contributed by atoms with E-state index >= 15 is 0 Å². The number of benzene rings is 2. The second kappa shape index (κ2) is 11.2. The van der Waals surface area contributed by atoms with Crippen molar-refractivity contribution in [2.75, 3.05) is 19.6 Å². The molecule has 12 heteroatoms. The Morgan fingerprint density at radius 3 is 2.51 bits per heavy atom. The van der Waals surface area contributed by atoms with Crippen LogP contribution in [0, 0.1) is 0 Å². The molecule has 0 spiro atoms. The molecule has 0 atom stereocenters. The standard InChI is InChI=1S/C25H27ClN6O4S/c1-3-31(4-2)37(35,36)21-10-8-19(9-11-21)24(33)27-12-13-32-23-22(15-29-32)25(34)30(17-28-23)16-18-6-5-7-20(26)14-18/h5-11,14-15,17H,3-4,12-13,16H2,1-2H3,(H,27,33). The molecule has 194 valence electrons. The lowest BCUT2D eigenvalue weighted by molar-refractivity contribution is 0.0952. The first kappa shape index (κ1) is 26.5. The Balaban J connectivity index is 1.40. The number of carbonyl (C=O) groups excluding carboxylic acids is 1. The lowest BCUT2D eigenvalue weighted by Gasteiger charge is -2.18. The number of sulfonamides is 1. The van der Waals surface area contributed by atoms with Crippen molar-refractivity contribution in [3.8, 4) is 0 Å². The minimum absolute atomic E-state index is 0.142. The van der Waals surface area contributed by atoms with Crippen LogP contribution in [0.5, 0.6) is 0 Å². The second-order valence-corrected chi connectivity index (χ2v) is 10.7. The first-order chi connectivity index (χ1) is 17.7. The van der Waals surface area contributed by atoms with Crippen LogP contribution >= 0.6 is 11.6 Å². The van der Waals surface area contributed by atoms with E-state index in [9.17, 15) is 18.0 Å². The number of carbonyl (C=O) groups is 1. The Hall–Kier alpha value is -3.54. The first-order valence-electron chi connectivity index (χ1n) is 11.8. The number of fused-ring (bicyclic) bond motifs is 1. The maximum Gasteiger partial charge on any atom is 0.264 e. The number of nitrogens with zero attached hydrogens (tertiary/aromatic N) is 5. The number of hydrogen-bond acceptors (Lipinski definition) is 6. The highest BCUT2D eigenvalue weighted by Gasteiger charge is 2.21. The molecular formula is C25H27ClN6O4S. The first-order valence-corrected chi connectivity index (χ1v) is 13.6. The van der Waals surface area contributed by atoms with Crippen molar-refractivity contribution in [1.29, 1.82) is 0 Å². The summed E-state index contributed by atoms with van der Waals surface area (Å²) in [6.07, 6.45) is 2.94. The maximum absolute atomic E-state index is 12.9. The van der Waals surface area contributed by atoms with Gasteiger partial charge in [-0.15, -0.1) is 0 Å². The Morgan fingerprint density at radius 1 is 1.11 bits per heavy atom. The molecule has 4 rings (SSSR count). The SMILES string of the molecule is CCN(CC)S(=O)(=O)c1ccc(C(=O)NCCn2ncc3c(=O)n(Cc4cccc(Cl)c4)cnc32)cc1. The highest BCUT2D eigenvalue weighted by molar-refractivity contribution is 7.89. The molecule has 1 amide bonds. The zero-order chi connectivity index (χ0) is 26.6. The van der Waals surface area contributed by atoms with Crippen molar-refractivity contribution in [3.63, 3.8) is 0 Å². The molecule has 10 nitrogen and oxygen atoms in total. The van der Waals surface area contributed by atoms with Crippen LogP contribution in [0.15, 0.2) is 70.7 Å². The normalized spacial score (nSPS) is 11.8. The highest BCUT2D eigenvalue weighted by Crippen LogP contribution is 2.16. The minimum atomic E-state index is -3.59. The average Bonchev–Trinajstić information content (AvgIpc) is 3.30. The van der Waals surface area contributed by atoms with E-state index in [-0.39, 0.29) is 22.9 Å². The predicted molar refractivity (Wildman–Crippen MR) is 141 cm³/mol. The third-order valence-electron chi connectivity index (χ3n) is 5.93. The molecule has 0 radical (unpaired) electrons. The van der Waals surface area contributed by atoms with Crippen LogP contribution < -0.4 is 10.9 Å². The summed E-state index contributed by atoms with van der Waals surface area (Å²) in [5, 5.41) is 8.01. The van der Waals surface area contributed by atoms with Crippen molar-refractivity contribution in [1.82, 2.24) is 29.0 Å². The molecule has 0 saturated heterocycles. The van der Waals surface area contributed by atoms with Gasteiger partial charge in [0.2, 0.25) is 10.0 Å². The van der Waals surface area contributed by atoms with E-state index in [4.69, 9.17) is 11.6 Å². The van der Waals surface area contributed by atoms with Gasteiger partial charge in [0.05, 0.1) is 24.2 Å². The van der Waals surface area contributed by atoms with E-state index in [1.54, 1.807) is 30.7 Å². The molecule has 2 aromatic heterocycles. The number of hydrogen-bond donors (Lipinski definition) is 1. The number of rotatable bonds is 10. The van der Waals surface area contributed by atoms with E-state index < -0.39 is 10.0 Å². The van der Waals surface area contributed by atoms with Gasteiger partial charge in [-0.1, -0.05) is 37.6 Å². The summed E-state index contributed by atoms with van der Waals surface area (Å²) in [5.41, 5.74) is 1.42. The molecule has 0 saturated carbocycles. The second-order valence-electron chi connectivity index (χ2n) is 8.28. The van der Waals surface area contributed by atoms with Gasteiger partial charge in [0, 0.05) is 30.2 Å². The van der Waals surface area contributed by atoms with Crippen LogP contribution in [-0.4, -0.2) is 57.6 Å². The molecule has 0 aliphatic heterocycles. The lowest BCUT2D eigenvalue weighted by atomic mass is 10.2. The van der Waals surface area contributed by atoms with Crippen LogP contribution in [0.1, 0.15) is 29.8 Å². The lowest BCUT2D eigenvalue weighted by Crippen LogP contribution is -2.31. The van der Waals surface area contributed by atoms with Gasteiger partial charge >= 0.3 is 0 Å². The Bertz CT molecular complexity index is 1580. The van der Waals surface area contributed by atoms with Gasteiger partial charge in [-0.2, -0.15) is 9.40 Å². The molecule has 0 aliphatic rings. The third kappa shape index (κ3) is 5.74. The monoisotopic (exact) mass is 542 g/mol. The van der Waals surface area contributed by atoms with Gasteiger partial charge in [-0.25, -0.2) is 18.1 Å². The molecule has 0 unspecified atom stereocenters. The van der Waals surface area contributed by atoms with Gasteiger partial charge in [0.1, 0.15) is 11.7 Å². The van der Waals surface area contributed by atoms with E-state index in [0.29, 0.717) is 47.8 Å². The summed E-state index contributed by atoms with van der Waals surface area (Å²) in [6, 6.07) is 13.1. The predicted octanol–water partition coefficient (Wildman–Crippen LogP) is 2.76. The van der Waals surface area contributed by atoms with Crippen molar-refractivity contribution in [2.45, 2.75) is 31.8 Å². The van der Waals surface area contributed by atoms with Gasteiger partial charge < -0.3 is 5.32 Å². The zero-order valence-electron chi connectivity index (χ0n) is 20.5. The molecular weight excluding hydrogens is 516 g/mol. The van der Waals surface area contributed by atoms with Crippen LogP contribution in [0.3, 0.4) is 0 Å². The van der Waals surface area contributed by atoms with Crippen LogP contribution in [-0.2, 0) is 23.1 Å². The molecule has 0 bridgehead atoms. The zero-order valence-corrected chi connectivity index (χ0v) is 22.0. The fourth-order valence-electron chi connectivity index (χ4n) is 3.97. The highest BCUT2D eigenvalue weighted by atomic mass is 35.5. The topological polar surface area (TPSA) is 119 Å². The van der Waals surface area contributed by atoms with Crippen molar-refractivity contribution >= 4 is 38.6 Å². The van der Waals surface area contributed by atoms with Crippen LogP contribution in [0.4, 0.5) is 0 Å². The molecule has 0 aliphatic carbocycles. The summed E-state index contributed by atoms with van der Waals surface area (Å²) >= 11 is 6.03. The molecule has 37 heavy (non-hydrogen) atoms. The number of amides is 1. The maximum atomic E-state index is 12.9. The largest absolute Gasteiger partial charge is 0.350 e. The van der Waals surface area contributed by atoms with Gasteiger partial charge in [0.15, 0.2) is 5.65 Å². The van der Waals surface area contributed by atoms with Gasteiger partial charge in [-0.05, 0) is 42.0 Å². The number of halogens is 1. The Morgan fingerprint density at radius 2 is 1.84 bits per heavy atom. The van der Waals surface area contributed by atoms with E-state index in [0.717, 1.165) is 5.56 Å². The molecule has 2 heterocycles. The minimum Gasteiger partial charge on any atom is -0.350 e. The van der Waals surface area contributed by atoms with Crippen LogP contribution in [0.25, 0.3) is 11.0 Å². The van der Waals surface area contributed by atoms with Crippen molar-refractivity contribution < 1.29 is 13.2 Å². The fraction of sp³-hybridized carbons (Fsp3) is 0.280. The number of aromatic nitrogens is 4. The summed E-state index contributed by atoms with van der Waals surface area (Å²) in [5.74, 6) is -0.347. The summed E-state index contributed by atoms with van der Waals surface area (Å²) in [6.45, 7) is 5.16. The smallest absolute Gasteiger partial charge is 0.264 e. The van der Waals surface area contributed by atoms with Gasteiger partial charge in [0.25, 0.3) is 11.5 Å². The Kier molecular flexibility index (Phi) is 8.06. The van der Waals surface area contributed by atoms with Crippen LogP contribution in [0.2, 0.25) is 5.02 Å². The van der Waals surface area contributed by atoms with E-state index in [1.165, 1.54) is 45.7 Å². The van der Waals surface area contributed by atoms with Gasteiger partial charge in [-0.3, -0.25) is 14.2 Å². The van der Waals surface area contributed by atoms with E-state index in [1.807, 2.05) is 12.1 Å². The molecule has 4 aromatic rings. The molecule has 1 N–H and O–H groups in total. The summed E-state index contributed by atoms with van der Waals surface area (Å²) in [4.78, 5) is 30.0. The van der Waals surface area contributed by atoms with Crippen molar-refractivity contribution in [3.05, 3.63) is 87.6 Å². The average molecular weight is 543 g/mol. The molecule has 0 fully saturated rings. The summed E-state index contributed by atoms with van der Waals surface area (Å²) < 4.78 is 29.6. The van der Waals surface area contributed by atoms with Crippen molar-refractivity contribution in [2.24, 2.45) is 0 Å².